The minimum absolute atomic E-state index is 0. The van der Waals surface area contributed by atoms with Crippen molar-refractivity contribution in [1.82, 2.24) is 4.98 Å². The van der Waals surface area contributed by atoms with E-state index in [4.69, 9.17) is 34.8 Å². The fourth-order valence-corrected chi connectivity index (χ4v) is 1.78. The maximum atomic E-state index is 6.11. The first-order valence-corrected chi connectivity index (χ1v) is 5.13. The van der Waals surface area contributed by atoms with Crippen molar-refractivity contribution in [2.75, 3.05) is 0 Å². The van der Waals surface area contributed by atoms with E-state index < -0.39 is 0 Å². The standard InChI is InChI=1S/C10H6Cl3N.CH4/c1-5-4-14-9-3-8(12)7(11)2-6(9)10(5)13;/h2-4H,1H3;1H4. The van der Waals surface area contributed by atoms with Gasteiger partial charge in [-0.25, -0.2) is 0 Å². The molecule has 1 aromatic heterocycles. The maximum Gasteiger partial charge on any atom is 0.0733 e. The van der Waals surface area contributed by atoms with Crippen molar-refractivity contribution in [2.45, 2.75) is 14.4 Å². The van der Waals surface area contributed by atoms with E-state index in [9.17, 15) is 0 Å². The highest BCUT2D eigenvalue weighted by Crippen LogP contribution is 2.31. The third-order valence-corrected chi connectivity index (χ3v) is 3.24. The molecule has 0 spiro atoms. The van der Waals surface area contributed by atoms with Gasteiger partial charge in [-0.05, 0) is 24.6 Å². The first kappa shape index (κ1) is 12.6. The summed E-state index contributed by atoms with van der Waals surface area (Å²) in [5, 5.41) is 2.50. The summed E-state index contributed by atoms with van der Waals surface area (Å²) in [6.07, 6.45) is 1.72. The summed E-state index contributed by atoms with van der Waals surface area (Å²) < 4.78 is 0. The van der Waals surface area contributed by atoms with Crippen molar-refractivity contribution in [3.05, 3.63) is 39.0 Å². The van der Waals surface area contributed by atoms with Crippen molar-refractivity contribution in [3.63, 3.8) is 0 Å². The molecule has 2 rings (SSSR count). The third-order valence-electron chi connectivity index (χ3n) is 2.02. The van der Waals surface area contributed by atoms with E-state index in [0.29, 0.717) is 15.1 Å². The van der Waals surface area contributed by atoms with Gasteiger partial charge in [-0.1, -0.05) is 42.2 Å². The third kappa shape index (κ3) is 2.20. The molecule has 0 saturated heterocycles. The largest absolute Gasteiger partial charge is 0.256 e. The highest BCUT2D eigenvalue weighted by molar-refractivity contribution is 6.43. The van der Waals surface area contributed by atoms with Crippen LogP contribution in [0.1, 0.15) is 13.0 Å². The van der Waals surface area contributed by atoms with Crippen LogP contribution in [0.4, 0.5) is 0 Å². The Bertz CT molecular complexity index is 509. The van der Waals surface area contributed by atoms with E-state index in [0.717, 1.165) is 16.5 Å². The minimum Gasteiger partial charge on any atom is -0.256 e. The molecule has 0 unspecified atom stereocenters. The number of hydrogen-bond acceptors (Lipinski definition) is 1. The highest BCUT2D eigenvalue weighted by Gasteiger charge is 2.06. The Kier molecular flexibility index (Phi) is 3.82. The molecule has 2 aromatic rings. The van der Waals surface area contributed by atoms with Crippen LogP contribution in [0.25, 0.3) is 10.9 Å². The summed E-state index contributed by atoms with van der Waals surface area (Å²) in [6.45, 7) is 1.90. The lowest BCUT2D eigenvalue weighted by Gasteiger charge is -2.04. The normalized spacial score (nSPS) is 10.1. The predicted molar refractivity (Wildman–Crippen MR) is 68.2 cm³/mol. The molecule has 0 amide bonds. The number of benzene rings is 1. The zero-order chi connectivity index (χ0) is 10.3. The molecule has 1 aromatic carbocycles. The summed E-state index contributed by atoms with van der Waals surface area (Å²) >= 11 is 17.9. The topological polar surface area (TPSA) is 12.9 Å². The lowest BCUT2D eigenvalue weighted by atomic mass is 10.2. The van der Waals surface area contributed by atoms with Crippen LogP contribution in [0.3, 0.4) is 0 Å². The number of hydrogen-bond donors (Lipinski definition) is 0. The Balaban J connectivity index is 0.00000112. The van der Waals surface area contributed by atoms with Gasteiger partial charge < -0.3 is 0 Å². The Morgan fingerprint density at radius 1 is 1.07 bits per heavy atom. The Labute approximate surface area is 104 Å². The average Bonchev–Trinajstić information content (AvgIpc) is 2.15. The second kappa shape index (κ2) is 4.56. The Morgan fingerprint density at radius 3 is 2.33 bits per heavy atom. The van der Waals surface area contributed by atoms with Crippen molar-refractivity contribution < 1.29 is 0 Å². The van der Waals surface area contributed by atoms with Gasteiger partial charge >= 0.3 is 0 Å². The zero-order valence-electron chi connectivity index (χ0n) is 7.31. The molecule has 0 N–H and O–H groups in total. The van der Waals surface area contributed by atoms with Gasteiger partial charge in [-0.15, -0.1) is 0 Å². The zero-order valence-corrected chi connectivity index (χ0v) is 9.58. The van der Waals surface area contributed by atoms with Gasteiger partial charge in [-0.2, -0.15) is 0 Å². The van der Waals surface area contributed by atoms with Crippen LogP contribution in [0, 0.1) is 6.92 Å². The molecule has 0 atom stereocenters. The smallest absolute Gasteiger partial charge is 0.0733 e. The summed E-state index contributed by atoms with van der Waals surface area (Å²) in [5.41, 5.74) is 1.69. The van der Waals surface area contributed by atoms with Gasteiger partial charge in [0.25, 0.3) is 0 Å². The van der Waals surface area contributed by atoms with Crippen molar-refractivity contribution in [1.29, 1.82) is 0 Å². The number of rotatable bonds is 0. The molecule has 0 aliphatic rings. The fraction of sp³-hybridized carbons (Fsp3) is 0.182. The SMILES string of the molecule is C.Cc1cnc2cc(Cl)c(Cl)cc2c1Cl. The van der Waals surface area contributed by atoms with E-state index in [2.05, 4.69) is 4.98 Å². The average molecular weight is 263 g/mol. The lowest BCUT2D eigenvalue weighted by molar-refractivity contribution is 1.33. The summed E-state index contributed by atoms with van der Waals surface area (Å²) in [6, 6.07) is 3.45. The summed E-state index contributed by atoms with van der Waals surface area (Å²) in [5.74, 6) is 0. The molecular weight excluding hydrogens is 252 g/mol. The first-order valence-electron chi connectivity index (χ1n) is 3.99. The molecule has 0 aliphatic heterocycles. The lowest BCUT2D eigenvalue weighted by Crippen LogP contribution is -1.84. The second-order valence-electron chi connectivity index (χ2n) is 3.04. The van der Waals surface area contributed by atoms with Crippen LogP contribution >= 0.6 is 34.8 Å². The van der Waals surface area contributed by atoms with E-state index in [1.165, 1.54) is 0 Å². The maximum absolute atomic E-state index is 6.11. The monoisotopic (exact) mass is 261 g/mol. The van der Waals surface area contributed by atoms with E-state index >= 15 is 0 Å². The molecule has 80 valence electrons. The van der Waals surface area contributed by atoms with Gasteiger partial charge in [0.15, 0.2) is 0 Å². The van der Waals surface area contributed by atoms with E-state index in [1.807, 2.05) is 6.92 Å². The van der Waals surface area contributed by atoms with Gasteiger partial charge in [0.2, 0.25) is 0 Å². The Morgan fingerprint density at radius 2 is 1.67 bits per heavy atom. The van der Waals surface area contributed by atoms with Crippen LogP contribution in [-0.2, 0) is 0 Å². The summed E-state index contributed by atoms with van der Waals surface area (Å²) in [4.78, 5) is 4.22. The number of pyridine rings is 1. The fourth-order valence-electron chi connectivity index (χ4n) is 1.25. The molecule has 0 bridgehead atoms. The van der Waals surface area contributed by atoms with Crippen molar-refractivity contribution >= 4 is 45.7 Å². The number of halogens is 3. The molecule has 0 fully saturated rings. The molecule has 1 nitrogen and oxygen atoms in total. The highest BCUT2D eigenvalue weighted by atomic mass is 35.5. The molecule has 4 heteroatoms. The number of aromatic nitrogens is 1. The number of nitrogens with zero attached hydrogens (tertiary/aromatic N) is 1. The van der Waals surface area contributed by atoms with Gasteiger partial charge in [-0.3, -0.25) is 4.98 Å². The molecule has 0 aliphatic carbocycles. The quantitative estimate of drug-likeness (QED) is 0.640. The van der Waals surface area contributed by atoms with Crippen LogP contribution in [0.15, 0.2) is 18.3 Å². The molecular formula is C11H10Cl3N. The van der Waals surface area contributed by atoms with Crippen LogP contribution in [-0.4, -0.2) is 4.98 Å². The summed E-state index contributed by atoms with van der Waals surface area (Å²) in [7, 11) is 0. The molecule has 0 radical (unpaired) electrons. The molecule has 1 heterocycles. The first-order chi connectivity index (χ1) is 6.59. The van der Waals surface area contributed by atoms with Gasteiger partial charge in [0.05, 0.1) is 20.6 Å². The van der Waals surface area contributed by atoms with Crippen LogP contribution < -0.4 is 0 Å². The molecule has 0 saturated carbocycles. The second-order valence-corrected chi connectivity index (χ2v) is 4.23. The van der Waals surface area contributed by atoms with Crippen molar-refractivity contribution in [3.8, 4) is 0 Å². The predicted octanol–water partition coefficient (Wildman–Crippen LogP) is 5.14. The molecule has 15 heavy (non-hydrogen) atoms. The van der Waals surface area contributed by atoms with Gasteiger partial charge in [0.1, 0.15) is 0 Å². The van der Waals surface area contributed by atoms with Gasteiger partial charge in [0, 0.05) is 11.6 Å². The van der Waals surface area contributed by atoms with Crippen LogP contribution in [0.5, 0.6) is 0 Å². The minimum atomic E-state index is 0. The van der Waals surface area contributed by atoms with Crippen molar-refractivity contribution in [2.24, 2.45) is 0 Å². The number of fused-ring (bicyclic) bond motifs is 1. The van der Waals surface area contributed by atoms with E-state index in [1.54, 1.807) is 18.3 Å². The van der Waals surface area contributed by atoms with E-state index in [-0.39, 0.29) is 7.43 Å². The Hall–Kier alpha value is -0.500. The van der Waals surface area contributed by atoms with Crippen LogP contribution in [0.2, 0.25) is 15.1 Å². The number of aryl methyl sites for hydroxylation is 1.